The van der Waals surface area contributed by atoms with Gasteiger partial charge in [0.05, 0.1) is 22.7 Å². The van der Waals surface area contributed by atoms with Crippen LogP contribution in [-0.2, 0) is 22.4 Å². The zero-order chi connectivity index (χ0) is 23.8. The van der Waals surface area contributed by atoms with Crippen molar-refractivity contribution in [2.75, 3.05) is 12.4 Å². The van der Waals surface area contributed by atoms with E-state index in [0.29, 0.717) is 28.5 Å². The lowest BCUT2D eigenvalue weighted by Crippen LogP contribution is -2.13. The highest BCUT2D eigenvalue weighted by atomic mass is 35.5. The number of methoxy groups -OCH3 is 1. The number of aryl methyl sites for hydroxylation is 2. The summed E-state index contributed by atoms with van der Waals surface area (Å²) < 4.78 is 4.85. The molecule has 3 aromatic rings. The zero-order valence-corrected chi connectivity index (χ0v) is 20.3. The third-order valence-electron chi connectivity index (χ3n) is 5.40. The van der Waals surface area contributed by atoms with Gasteiger partial charge in [-0.15, -0.1) is 0 Å². The normalized spacial score (nSPS) is 10.7. The number of anilines is 1. The van der Waals surface area contributed by atoms with Gasteiger partial charge >= 0.3 is 5.97 Å². The van der Waals surface area contributed by atoms with Gasteiger partial charge < -0.3 is 10.1 Å². The predicted octanol–water partition coefficient (Wildman–Crippen LogP) is 7.36. The third kappa shape index (κ3) is 6.83. The van der Waals surface area contributed by atoms with Crippen LogP contribution in [-0.4, -0.2) is 19.0 Å². The molecule has 0 aliphatic heterocycles. The van der Waals surface area contributed by atoms with E-state index >= 15 is 0 Å². The molecule has 6 heteroatoms. The minimum Gasteiger partial charge on any atom is -0.465 e. The van der Waals surface area contributed by atoms with Crippen LogP contribution < -0.4 is 5.32 Å². The molecule has 0 fully saturated rings. The number of ether oxygens (including phenoxy) is 1. The van der Waals surface area contributed by atoms with Crippen molar-refractivity contribution in [2.45, 2.75) is 39.0 Å². The number of hydrogen-bond acceptors (Lipinski definition) is 3. The second-order valence-corrected chi connectivity index (χ2v) is 8.67. The lowest BCUT2D eigenvalue weighted by atomic mass is 9.97. The van der Waals surface area contributed by atoms with Crippen LogP contribution in [0.15, 0.2) is 60.7 Å². The third-order valence-corrected chi connectivity index (χ3v) is 6.14. The summed E-state index contributed by atoms with van der Waals surface area (Å²) >= 11 is 12.1. The second-order valence-electron chi connectivity index (χ2n) is 7.85. The number of nitrogens with one attached hydrogen (secondary N) is 1. The van der Waals surface area contributed by atoms with Crippen molar-refractivity contribution in [1.82, 2.24) is 0 Å². The summed E-state index contributed by atoms with van der Waals surface area (Å²) in [5, 5.41) is 4.04. The fourth-order valence-corrected chi connectivity index (χ4v) is 3.90. The molecule has 1 amide bonds. The van der Waals surface area contributed by atoms with Crippen molar-refractivity contribution in [3.05, 3.63) is 87.4 Å². The molecule has 172 valence electrons. The molecular weight excluding hydrogens is 457 g/mol. The number of rotatable bonds is 9. The van der Waals surface area contributed by atoms with Crippen LogP contribution >= 0.6 is 23.2 Å². The monoisotopic (exact) mass is 483 g/mol. The predicted molar refractivity (Wildman–Crippen MR) is 135 cm³/mol. The molecular formula is C27H27Cl2NO3. The summed E-state index contributed by atoms with van der Waals surface area (Å²) in [4.78, 5) is 24.8. The largest absolute Gasteiger partial charge is 0.465 e. The van der Waals surface area contributed by atoms with E-state index < -0.39 is 5.97 Å². The summed E-state index contributed by atoms with van der Waals surface area (Å²) in [6, 6.07) is 18.7. The standard InChI is InChI=1S/C27H27Cl2NO3/c1-3-4-6-18-9-12-22(20-7-5-8-21(17-20)27(32)33-2)25(16-18)30-26(31)14-11-19-10-13-23(28)24(29)15-19/h5,7-10,12-13,15-17H,3-4,6,11,14H2,1-2H3,(H,30,31). The first-order valence-electron chi connectivity index (χ1n) is 11.0. The Bertz CT molecular complexity index is 1140. The number of benzene rings is 3. The highest BCUT2D eigenvalue weighted by Crippen LogP contribution is 2.31. The van der Waals surface area contributed by atoms with Gasteiger partial charge in [0, 0.05) is 17.7 Å². The molecule has 0 radical (unpaired) electrons. The fourth-order valence-electron chi connectivity index (χ4n) is 3.58. The van der Waals surface area contributed by atoms with Gasteiger partial charge in [0.25, 0.3) is 0 Å². The van der Waals surface area contributed by atoms with Crippen LogP contribution in [0.2, 0.25) is 10.0 Å². The molecule has 0 bridgehead atoms. The van der Waals surface area contributed by atoms with Crippen LogP contribution in [0.25, 0.3) is 11.1 Å². The summed E-state index contributed by atoms with van der Waals surface area (Å²) in [7, 11) is 1.36. The maximum Gasteiger partial charge on any atom is 0.337 e. The van der Waals surface area contributed by atoms with Crippen molar-refractivity contribution < 1.29 is 14.3 Å². The second kappa shape index (κ2) is 11.9. The molecule has 0 atom stereocenters. The van der Waals surface area contributed by atoms with Crippen LogP contribution in [0, 0.1) is 0 Å². The maximum absolute atomic E-state index is 12.8. The van der Waals surface area contributed by atoms with E-state index in [1.54, 1.807) is 24.3 Å². The van der Waals surface area contributed by atoms with E-state index in [-0.39, 0.29) is 5.91 Å². The van der Waals surface area contributed by atoms with Gasteiger partial charge in [-0.25, -0.2) is 4.79 Å². The molecule has 1 N–H and O–H groups in total. The number of unbranched alkanes of at least 4 members (excludes halogenated alkanes) is 1. The highest BCUT2D eigenvalue weighted by molar-refractivity contribution is 6.42. The Morgan fingerprint density at radius 1 is 0.909 bits per heavy atom. The molecule has 3 rings (SSSR count). The Kier molecular flexibility index (Phi) is 8.93. The molecule has 0 aliphatic carbocycles. The highest BCUT2D eigenvalue weighted by Gasteiger charge is 2.13. The van der Waals surface area contributed by atoms with Gasteiger partial charge in [-0.3, -0.25) is 4.79 Å². The van der Waals surface area contributed by atoms with Crippen LogP contribution in [0.3, 0.4) is 0 Å². The lowest BCUT2D eigenvalue weighted by molar-refractivity contribution is -0.116. The fraction of sp³-hybridized carbons (Fsp3) is 0.259. The Hall–Kier alpha value is -2.82. The number of amides is 1. The molecule has 0 unspecified atom stereocenters. The van der Waals surface area contributed by atoms with E-state index in [9.17, 15) is 9.59 Å². The van der Waals surface area contributed by atoms with Crippen molar-refractivity contribution >= 4 is 40.8 Å². The van der Waals surface area contributed by atoms with Crippen LogP contribution in [0.4, 0.5) is 5.69 Å². The van der Waals surface area contributed by atoms with E-state index in [2.05, 4.69) is 18.3 Å². The molecule has 0 aliphatic rings. The molecule has 0 saturated carbocycles. The molecule has 0 aromatic heterocycles. The van der Waals surface area contributed by atoms with Gasteiger partial charge in [0.2, 0.25) is 5.91 Å². The molecule has 0 heterocycles. The number of halogens is 2. The van der Waals surface area contributed by atoms with Crippen molar-refractivity contribution in [1.29, 1.82) is 0 Å². The van der Waals surface area contributed by atoms with Crippen molar-refractivity contribution in [3.8, 4) is 11.1 Å². The van der Waals surface area contributed by atoms with E-state index in [4.69, 9.17) is 27.9 Å². The van der Waals surface area contributed by atoms with E-state index in [1.807, 2.05) is 30.3 Å². The van der Waals surface area contributed by atoms with E-state index in [0.717, 1.165) is 47.2 Å². The first kappa shape index (κ1) is 24.8. The lowest BCUT2D eigenvalue weighted by Gasteiger charge is -2.14. The van der Waals surface area contributed by atoms with Gasteiger partial charge in [-0.2, -0.15) is 0 Å². The Morgan fingerprint density at radius 2 is 1.67 bits per heavy atom. The molecule has 4 nitrogen and oxygen atoms in total. The first-order valence-corrected chi connectivity index (χ1v) is 11.7. The van der Waals surface area contributed by atoms with Crippen molar-refractivity contribution in [3.63, 3.8) is 0 Å². The minimum atomic E-state index is -0.399. The summed E-state index contributed by atoms with van der Waals surface area (Å²) in [6.45, 7) is 2.15. The smallest absolute Gasteiger partial charge is 0.337 e. The van der Waals surface area contributed by atoms with Gasteiger partial charge in [0.15, 0.2) is 0 Å². The Morgan fingerprint density at radius 3 is 2.39 bits per heavy atom. The quantitative estimate of drug-likeness (QED) is 0.323. The van der Waals surface area contributed by atoms with E-state index in [1.165, 1.54) is 7.11 Å². The summed E-state index contributed by atoms with van der Waals surface area (Å²) in [5.41, 5.74) is 4.97. The van der Waals surface area contributed by atoms with Crippen LogP contribution in [0.1, 0.15) is 47.7 Å². The van der Waals surface area contributed by atoms with Gasteiger partial charge in [0.1, 0.15) is 0 Å². The van der Waals surface area contributed by atoms with Crippen molar-refractivity contribution in [2.24, 2.45) is 0 Å². The maximum atomic E-state index is 12.8. The Balaban J connectivity index is 1.84. The average Bonchev–Trinajstić information content (AvgIpc) is 2.83. The van der Waals surface area contributed by atoms with Crippen LogP contribution in [0.5, 0.6) is 0 Å². The summed E-state index contributed by atoms with van der Waals surface area (Å²) in [5.74, 6) is -0.497. The number of hydrogen-bond donors (Lipinski definition) is 1. The SMILES string of the molecule is CCCCc1ccc(-c2cccc(C(=O)OC)c2)c(NC(=O)CCc2ccc(Cl)c(Cl)c2)c1. The molecule has 3 aromatic carbocycles. The average molecular weight is 484 g/mol. The molecule has 33 heavy (non-hydrogen) atoms. The Labute approximate surface area is 204 Å². The first-order chi connectivity index (χ1) is 15.9. The molecule has 0 saturated heterocycles. The number of esters is 1. The number of carbonyl (C=O) groups is 2. The number of carbonyl (C=O) groups excluding carboxylic acids is 2. The minimum absolute atomic E-state index is 0.0981. The van der Waals surface area contributed by atoms with Gasteiger partial charge in [-0.1, -0.05) is 66.9 Å². The zero-order valence-electron chi connectivity index (χ0n) is 18.8. The topological polar surface area (TPSA) is 55.4 Å². The molecule has 0 spiro atoms. The van der Waals surface area contributed by atoms with Gasteiger partial charge in [-0.05, 0) is 66.3 Å². The summed E-state index contributed by atoms with van der Waals surface area (Å²) in [6.07, 6.45) is 3.95.